The number of nitrogens with zero attached hydrogens (tertiary/aromatic N) is 2. The van der Waals surface area contributed by atoms with Gasteiger partial charge in [0.1, 0.15) is 17.1 Å². The van der Waals surface area contributed by atoms with Crippen molar-refractivity contribution in [3.63, 3.8) is 0 Å². The van der Waals surface area contributed by atoms with E-state index in [0.717, 1.165) is 22.0 Å². The van der Waals surface area contributed by atoms with Crippen LogP contribution < -0.4 is 15.0 Å². The van der Waals surface area contributed by atoms with Crippen molar-refractivity contribution in [2.24, 2.45) is 0 Å². The molecule has 0 radical (unpaired) electrons. The first kappa shape index (κ1) is 22.0. The van der Waals surface area contributed by atoms with Crippen LogP contribution in [0.1, 0.15) is 23.9 Å². The number of amides is 4. The van der Waals surface area contributed by atoms with Crippen LogP contribution in [0.3, 0.4) is 0 Å². The van der Waals surface area contributed by atoms with Gasteiger partial charge in [-0.2, -0.15) is 0 Å². The van der Waals surface area contributed by atoms with Gasteiger partial charge in [-0.3, -0.25) is 14.9 Å². The predicted octanol–water partition coefficient (Wildman–Crippen LogP) is 4.30. The maximum Gasteiger partial charge on any atom is 0.335 e. The highest BCUT2D eigenvalue weighted by molar-refractivity contribution is 6.39. The number of halogens is 1. The molecule has 3 aromatic rings. The average Bonchev–Trinajstić information content (AvgIpc) is 3.06. The molecule has 1 saturated heterocycles. The molecule has 1 fully saturated rings. The van der Waals surface area contributed by atoms with E-state index in [0.29, 0.717) is 23.6 Å². The second-order valence-corrected chi connectivity index (χ2v) is 7.52. The average molecular weight is 447 g/mol. The number of carbonyl (C=O) groups excluding carboxylic acids is 3. The van der Waals surface area contributed by atoms with E-state index in [4.69, 9.17) is 4.74 Å². The molecule has 1 aromatic heterocycles. The van der Waals surface area contributed by atoms with E-state index < -0.39 is 17.8 Å². The van der Waals surface area contributed by atoms with E-state index in [1.807, 2.05) is 31.4 Å². The lowest BCUT2D eigenvalue weighted by atomic mass is 10.1. The standard InChI is InChI=1S/C25H22FN3O4/c1-4-33-21-11-9-20(10-12-21)29-24(31)22(23(30)27-25(29)32)14-17-13-15(2)28(16(17)3)19-7-5-18(26)6-8-19/h5-14H,4H2,1-3H3,(H,27,30,32)/b22-14-. The first-order chi connectivity index (χ1) is 15.8. The van der Waals surface area contributed by atoms with Gasteiger partial charge in [-0.05, 0) is 87.0 Å². The van der Waals surface area contributed by atoms with Gasteiger partial charge in [0.15, 0.2) is 0 Å². The van der Waals surface area contributed by atoms with Gasteiger partial charge >= 0.3 is 6.03 Å². The minimum atomic E-state index is -0.817. The number of hydrogen-bond acceptors (Lipinski definition) is 4. The third-order valence-electron chi connectivity index (χ3n) is 5.36. The van der Waals surface area contributed by atoms with Crippen LogP contribution in [0, 0.1) is 19.7 Å². The Bertz CT molecular complexity index is 1270. The first-order valence-corrected chi connectivity index (χ1v) is 10.4. The van der Waals surface area contributed by atoms with Crippen LogP contribution in [0.15, 0.2) is 60.2 Å². The fraction of sp³-hybridized carbons (Fsp3) is 0.160. The van der Waals surface area contributed by atoms with Crippen LogP contribution in [0.5, 0.6) is 5.75 Å². The molecule has 33 heavy (non-hydrogen) atoms. The molecule has 0 bridgehead atoms. The van der Waals surface area contributed by atoms with Gasteiger partial charge in [-0.1, -0.05) is 0 Å². The van der Waals surface area contributed by atoms with Crippen molar-refractivity contribution in [1.29, 1.82) is 0 Å². The molecule has 0 aliphatic carbocycles. The Labute approximate surface area is 190 Å². The number of nitrogens with one attached hydrogen (secondary N) is 1. The number of carbonyl (C=O) groups is 3. The summed E-state index contributed by atoms with van der Waals surface area (Å²) < 4.78 is 20.6. The van der Waals surface area contributed by atoms with Crippen LogP contribution >= 0.6 is 0 Å². The van der Waals surface area contributed by atoms with Gasteiger partial charge in [0.2, 0.25) is 0 Å². The summed E-state index contributed by atoms with van der Waals surface area (Å²) in [4.78, 5) is 39.1. The smallest absolute Gasteiger partial charge is 0.335 e. The molecular weight excluding hydrogens is 425 g/mol. The number of aryl methyl sites for hydroxylation is 1. The minimum absolute atomic E-state index is 0.164. The highest BCUT2D eigenvalue weighted by Gasteiger charge is 2.37. The largest absolute Gasteiger partial charge is 0.494 e. The normalized spacial score (nSPS) is 15.2. The van der Waals surface area contributed by atoms with Crippen LogP contribution in [-0.2, 0) is 9.59 Å². The van der Waals surface area contributed by atoms with Crippen molar-refractivity contribution in [3.05, 3.63) is 82.9 Å². The Morgan fingerprint density at radius 2 is 1.61 bits per heavy atom. The molecule has 7 nitrogen and oxygen atoms in total. The molecule has 4 amide bonds. The summed E-state index contributed by atoms with van der Waals surface area (Å²) in [6.07, 6.45) is 1.47. The van der Waals surface area contributed by atoms with Crippen LogP contribution in [0.2, 0.25) is 0 Å². The molecule has 0 saturated carbocycles. The molecular formula is C25H22FN3O4. The number of aromatic nitrogens is 1. The van der Waals surface area contributed by atoms with Gasteiger partial charge < -0.3 is 9.30 Å². The predicted molar refractivity (Wildman–Crippen MR) is 122 cm³/mol. The molecule has 2 aromatic carbocycles. The number of urea groups is 1. The Hall–Kier alpha value is -4.20. The number of hydrogen-bond donors (Lipinski definition) is 1. The van der Waals surface area contributed by atoms with E-state index in [2.05, 4.69) is 5.32 Å². The van der Waals surface area contributed by atoms with Crippen LogP contribution in [-0.4, -0.2) is 29.0 Å². The van der Waals surface area contributed by atoms with E-state index in [-0.39, 0.29) is 11.4 Å². The molecule has 0 unspecified atom stereocenters. The lowest BCUT2D eigenvalue weighted by Crippen LogP contribution is -2.54. The van der Waals surface area contributed by atoms with Crippen molar-refractivity contribution in [2.45, 2.75) is 20.8 Å². The van der Waals surface area contributed by atoms with Gasteiger partial charge in [0, 0.05) is 17.1 Å². The summed E-state index contributed by atoms with van der Waals surface area (Å²) in [7, 11) is 0. The van der Waals surface area contributed by atoms with Crippen molar-refractivity contribution in [3.8, 4) is 11.4 Å². The number of barbiturate groups is 1. The van der Waals surface area contributed by atoms with E-state index in [1.165, 1.54) is 18.2 Å². The molecule has 8 heteroatoms. The second kappa shape index (κ2) is 8.74. The number of rotatable bonds is 5. The number of ether oxygens (including phenoxy) is 1. The molecule has 168 valence electrons. The maximum absolute atomic E-state index is 13.3. The van der Waals surface area contributed by atoms with Gasteiger partial charge in [0.05, 0.1) is 12.3 Å². The first-order valence-electron chi connectivity index (χ1n) is 10.4. The second-order valence-electron chi connectivity index (χ2n) is 7.52. The number of anilines is 1. The monoisotopic (exact) mass is 447 g/mol. The molecule has 0 spiro atoms. The van der Waals surface area contributed by atoms with Crippen LogP contribution in [0.4, 0.5) is 14.9 Å². The molecule has 1 aliphatic rings. The third-order valence-corrected chi connectivity index (χ3v) is 5.36. The summed E-state index contributed by atoms with van der Waals surface area (Å²) in [6.45, 7) is 6.05. The summed E-state index contributed by atoms with van der Waals surface area (Å²) >= 11 is 0. The zero-order valence-corrected chi connectivity index (χ0v) is 18.4. The van der Waals surface area contributed by atoms with E-state index in [9.17, 15) is 18.8 Å². The SMILES string of the molecule is CCOc1ccc(N2C(=O)NC(=O)/C(=C/c3cc(C)n(-c4ccc(F)cc4)c3C)C2=O)cc1. The zero-order valence-electron chi connectivity index (χ0n) is 18.4. The Morgan fingerprint density at radius 1 is 0.970 bits per heavy atom. The Morgan fingerprint density at radius 3 is 2.24 bits per heavy atom. The highest BCUT2D eigenvalue weighted by Crippen LogP contribution is 2.27. The molecule has 2 heterocycles. The molecule has 1 aliphatic heterocycles. The van der Waals surface area contributed by atoms with Crippen LogP contribution in [0.25, 0.3) is 11.8 Å². The fourth-order valence-corrected chi connectivity index (χ4v) is 3.83. The Balaban J connectivity index is 1.71. The summed E-state index contributed by atoms with van der Waals surface area (Å²) in [5, 5.41) is 2.23. The zero-order chi connectivity index (χ0) is 23.7. The fourth-order valence-electron chi connectivity index (χ4n) is 3.83. The molecule has 0 atom stereocenters. The molecule has 1 N–H and O–H groups in total. The van der Waals surface area contributed by atoms with Crippen molar-refractivity contribution >= 4 is 29.6 Å². The maximum atomic E-state index is 13.3. The molecule has 4 rings (SSSR count). The summed E-state index contributed by atoms with van der Waals surface area (Å²) in [5.74, 6) is -1.23. The highest BCUT2D eigenvalue weighted by atomic mass is 19.1. The van der Waals surface area contributed by atoms with Gasteiger partial charge in [0.25, 0.3) is 11.8 Å². The van der Waals surface area contributed by atoms with E-state index in [1.54, 1.807) is 36.4 Å². The Kier molecular flexibility index (Phi) is 5.83. The summed E-state index contributed by atoms with van der Waals surface area (Å²) in [5.41, 5.74) is 3.14. The number of imide groups is 2. The van der Waals surface area contributed by atoms with Gasteiger partial charge in [-0.25, -0.2) is 14.1 Å². The number of benzene rings is 2. The topological polar surface area (TPSA) is 80.6 Å². The quantitative estimate of drug-likeness (QED) is 0.467. The lowest BCUT2D eigenvalue weighted by molar-refractivity contribution is -0.122. The minimum Gasteiger partial charge on any atom is -0.494 e. The van der Waals surface area contributed by atoms with Crippen molar-refractivity contribution < 1.29 is 23.5 Å². The van der Waals surface area contributed by atoms with Crippen molar-refractivity contribution in [1.82, 2.24) is 9.88 Å². The summed E-state index contributed by atoms with van der Waals surface area (Å²) in [6, 6.07) is 13.5. The van der Waals surface area contributed by atoms with Gasteiger partial charge in [-0.15, -0.1) is 0 Å². The lowest BCUT2D eigenvalue weighted by Gasteiger charge is -2.26. The van der Waals surface area contributed by atoms with Crippen molar-refractivity contribution in [2.75, 3.05) is 11.5 Å². The van der Waals surface area contributed by atoms with E-state index >= 15 is 0 Å². The third kappa shape index (κ3) is 4.15.